The molecule has 1 heterocycles. The monoisotopic (exact) mass is 262 g/mol. The number of fused-ring (bicyclic) bond motifs is 1. The fraction of sp³-hybridized carbons (Fsp3) is 0.400. The molecule has 0 aliphatic carbocycles. The Kier molecular flexibility index (Phi) is 3.27. The van der Waals surface area contributed by atoms with E-state index in [0.29, 0.717) is 22.8 Å². The molecule has 19 heavy (non-hydrogen) atoms. The third-order valence-electron chi connectivity index (χ3n) is 3.05. The van der Waals surface area contributed by atoms with Crippen LogP contribution >= 0.6 is 0 Å². The maximum atomic E-state index is 11.8. The van der Waals surface area contributed by atoms with E-state index in [1.165, 1.54) is 21.1 Å². The lowest BCUT2D eigenvalue weighted by Gasteiger charge is -2.29. The van der Waals surface area contributed by atoms with Crippen molar-refractivity contribution in [3.8, 4) is 17.2 Å². The normalized spacial score (nSPS) is 15.4. The number of hydrogen-bond donors (Lipinski definition) is 0. The Labute approximate surface area is 113 Å². The van der Waals surface area contributed by atoms with Crippen molar-refractivity contribution in [1.82, 2.24) is 0 Å². The van der Waals surface area contributed by atoms with E-state index in [-0.39, 0.29) is 11.4 Å². The van der Waals surface area contributed by atoms with Gasteiger partial charge in [-0.3, -0.25) is 4.79 Å². The Balaban J connectivity index is 2.72. The molecule has 0 saturated carbocycles. The molecule has 1 aliphatic rings. The van der Waals surface area contributed by atoms with Crippen molar-refractivity contribution < 1.29 is 19.0 Å². The number of benzene rings is 1. The van der Waals surface area contributed by atoms with Crippen molar-refractivity contribution in [2.24, 2.45) is 0 Å². The zero-order valence-corrected chi connectivity index (χ0v) is 11.9. The lowest BCUT2D eigenvalue weighted by atomic mass is 9.97. The fourth-order valence-electron chi connectivity index (χ4n) is 2.18. The van der Waals surface area contributed by atoms with Gasteiger partial charge in [0, 0.05) is 6.07 Å². The van der Waals surface area contributed by atoms with Crippen molar-refractivity contribution >= 4 is 11.9 Å². The molecule has 0 amide bonds. The first-order chi connectivity index (χ1) is 8.89. The number of ether oxygens (including phenoxy) is 3. The maximum absolute atomic E-state index is 11.8. The van der Waals surface area contributed by atoms with E-state index in [1.807, 2.05) is 26.0 Å². The third-order valence-corrected chi connectivity index (χ3v) is 3.05. The molecule has 0 aromatic heterocycles. The number of Topliss-reactive ketones (excluding diaryl/α,β-unsaturated/α-hetero) is 1. The van der Waals surface area contributed by atoms with Crippen LogP contribution in [0.15, 0.2) is 12.1 Å². The van der Waals surface area contributed by atoms with Gasteiger partial charge in [0.05, 0.1) is 19.8 Å². The molecule has 4 nitrogen and oxygen atoms in total. The minimum Gasteiger partial charge on any atom is -0.496 e. The number of ketones is 1. The van der Waals surface area contributed by atoms with Gasteiger partial charge in [-0.05, 0) is 32.9 Å². The number of methoxy groups -OCH3 is 2. The van der Waals surface area contributed by atoms with Crippen LogP contribution in [-0.4, -0.2) is 25.6 Å². The van der Waals surface area contributed by atoms with Crippen LogP contribution in [0.25, 0.3) is 6.08 Å². The van der Waals surface area contributed by atoms with Gasteiger partial charge in [-0.25, -0.2) is 0 Å². The molecule has 0 bridgehead atoms. The van der Waals surface area contributed by atoms with Crippen LogP contribution in [-0.2, 0) is 0 Å². The number of hydrogen-bond acceptors (Lipinski definition) is 4. The van der Waals surface area contributed by atoms with Gasteiger partial charge in [-0.1, -0.05) is 0 Å². The molecule has 0 radical (unpaired) electrons. The Bertz CT molecular complexity index is 556. The smallest absolute Gasteiger partial charge is 0.167 e. The molecule has 0 spiro atoms. The van der Waals surface area contributed by atoms with Gasteiger partial charge >= 0.3 is 0 Å². The maximum Gasteiger partial charge on any atom is 0.167 e. The van der Waals surface area contributed by atoms with E-state index in [2.05, 4.69) is 0 Å². The summed E-state index contributed by atoms with van der Waals surface area (Å²) in [5.41, 5.74) is 0.824. The van der Waals surface area contributed by atoms with Gasteiger partial charge in [0.15, 0.2) is 5.78 Å². The second-order valence-electron chi connectivity index (χ2n) is 4.99. The molecule has 102 valence electrons. The van der Waals surface area contributed by atoms with E-state index in [4.69, 9.17) is 14.2 Å². The second kappa shape index (κ2) is 4.61. The summed E-state index contributed by atoms with van der Waals surface area (Å²) in [5, 5.41) is 0. The highest BCUT2D eigenvalue weighted by Crippen LogP contribution is 2.43. The topological polar surface area (TPSA) is 44.8 Å². The highest BCUT2D eigenvalue weighted by Gasteiger charge is 2.28. The Morgan fingerprint density at radius 1 is 1.26 bits per heavy atom. The first-order valence-corrected chi connectivity index (χ1v) is 6.08. The lowest BCUT2D eigenvalue weighted by molar-refractivity contribution is 0.101. The van der Waals surface area contributed by atoms with E-state index < -0.39 is 0 Å². The zero-order valence-electron chi connectivity index (χ0n) is 11.9. The van der Waals surface area contributed by atoms with Crippen LogP contribution in [0.2, 0.25) is 0 Å². The van der Waals surface area contributed by atoms with Gasteiger partial charge < -0.3 is 14.2 Å². The van der Waals surface area contributed by atoms with Gasteiger partial charge in [-0.15, -0.1) is 0 Å². The third kappa shape index (κ3) is 2.30. The van der Waals surface area contributed by atoms with Crippen molar-refractivity contribution in [1.29, 1.82) is 0 Å². The molecule has 4 heteroatoms. The van der Waals surface area contributed by atoms with Crippen LogP contribution in [0.3, 0.4) is 0 Å². The zero-order chi connectivity index (χ0) is 14.2. The first-order valence-electron chi connectivity index (χ1n) is 6.08. The van der Waals surface area contributed by atoms with Crippen molar-refractivity contribution in [2.75, 3.05) is 14.2 Å². The summed E-state index contributed by atoms with van der Waals surface area (Å²) in [6.07, 6.45) is 3.86. The van der Waals surface area contributed by atoms with Crippen molar-refractivity contribution in [2.45, 2.75) is 26.4 Å². The Hall–Kier alpha value is -1.97. The summed E-state index contributed by atoms with van der Waals surface area (Å²) in [5.74, 6) is 1.52. The summed E-state index contributed by atoms with van der Waals surface area (Å²) in [6, 6.07) is 1.74. The Morgan fingerprint density at radius 2 is 1.95 bits per heavy atom. The minimum absolute atomic E-state index is 0.102. The van der Waals surface area contributed by atoms with E-state index >= 15 is 0 Å². The minimum atomic E-state index is -0.388. The van der Waals surface area contributed by atoms with Crippen LogP contribution in [0.4, 0.5) is 0 Å². The molecule has 0 unspecified atom stereocenters. The largest absolute Gasteiger partial charge is 0.496 e. The van der Waals surface area contributed by atoms with Crippen LogP contribution in [0.5, 0.6) is 17.2 Å². The highest BCUT2D eigenvalue weighted by molar-refractivity contribution is 6.01. The summed E-state index contributed by atoms with van der Waals surface area (Å²) >= 11 is 0. The predicted molar refractivity (Wildman–Crippen MR) is 73.3 cm³/mol. The molecule has 0 fully saturated rings. The molecule has 0 atom stereocenters. The van der Waals surface area contributed by atoms with Crippen molar-refractivity contribution in [3.63, 3.8) is 0 Å². The molecular weight excluding hydrogens is 244 g/mol. The van der Waals surface area contributed by atoms with Gasteiger partial charge in [0.25, 0.3) is 0 Å². The number of rotatable bonds is 3. The van der Waals surface area contributed by atoms with Gasteiger partial charge in [0.2, 0.25) is 0 Å². The molecule has 0 saturated heterocycles. The van der Waals surface area contributed by atoms with Crippen LogP contribution in [0, 0.1) is 0 Å². The van der Waals surface area contributed by atoms with Crippen molar-refractivity contribution in [3.05, 3.63) is 23.3 Å². The molecule has 1 aromatic carbocycles. The SMILES string of the molecule is COc1cc2c(c(OC)c1C(C)=O)C=CC(C)(C)O2. The average molecular weight is 262 g/mol. The molecule has 0 N–H and O–H groups in total. The van der Waals surface area contributed by atoms with E-state index in [1.54, 1.807) is 6.07 Å². The van der Waals surface area contributed by atoms with E-state index in [9.17, 15) is 4.79 Å². The molecule has 1 aliphatic heterocycles. The van der Waals surface area contributed by atoms with Crippen LogP contribution < -0.4 is 14.2 Å². The first kappa shape index (κ1) is 13.5. The van der Waals surface area contributed by atoms with Crippen LogP contribution in [0.1, 0.15) is 36.7 Å². The van der Waals surface area contributed by atoms with Gasteiger partial charge in [-0.2, -0.15) is 0 Å². The van der Waals surface area contributed by atoms with Gasteiger partial charge in [0.1, 0.15) is 28.4 Å². The van der Waals surface area contributed by atoms with E-state index in [0.717, 1.165) is 5.56 Å². The standard InChI is InChI=1S/C15H18O4/c1-9(16)13-12(17-4)8-11-10(14(13)18-5)6-7-15(2,3)19-11/h6-8H,1-5H3. The fourth-order valence-corrected chi connectivity index (χ4v) is 2.18. The second-order valence-corrected chi connectivity index (χ2v) is 4.99. The average Bonchev–Trinajstić information content (AvgIpc) is 2.34. The summed E-state index contributed by atoms with van der Waals surface area (Å²) in [4.78, 5) is 11.8. The summed E-state index contributed by atoms with van der Waals surface area (Å²) in [6.45, 7) is 5.42. The molecular formula is C15H18O4. The predicted octanol–water partition coefficient (Wildman–Crippen LogP) is 3.09. The lowest BCUT2D eigenvalue weighted by Crippen LogP contribution is -2.27. The molecule has 2 rings (SSSR count). The Morgan fingerprint density at radius 3 is 2.47 bits per heavy atom. The summed E-state index contributed by atoms with van der Waals surface area (Å²) < 4.78 is 16.5. The number of carbonyl (C=O) groups is 1. The highest BCUT2D eigenvalue weighted by atomic mass is 16.5. The summed E-state index contributed by atoms with van der Waals surface area (Å²) in [7, 11) is 3.06. The molecule has 1 aromatic rings. The number of carbonyl (C=O) groups excluding carboxylic acids is 1. The quantitative estimate of drug-likeness (QED) is 0.785.